The molecule has 0 amide bonds. The van der Waals surface area contributed by atoms with Gasteiger partial charge in [-0.25, -0.2) is 9.78 Å². The first-order valence-corrected chi connectivity index (χ1v) is 7.24. The van der Waals surface area contributed by atoms with Crippen molar-refractivity contribution in [3.05, 3.63) is 59.1 Å². The second-order valence-electron chi connectivity index (χ2n) is 4.35. The molecule has 0 saturated carbocycles. The molecule has 3 aromatic rings. The van der Waals surface area contributed by atoms with Crippen LogP contribution < -0.4 is 4.74 Å². The number of thiazole rings is 1. The number of carbonyl (C=O) groups is 1. The number of para-hydroxylation sites is 2. The smallest absolute Gasteiger partial charge is 0.342 e. The molecule has 0 N–H and O–H groups in total. The summed E-state index contributed by atoms with van der Waals surface area (Å²) in [7, 11) is 1.53. The molecule has 1 aromatic heterocycles. The molecule has 5 heteroatoms. The van der Waals surface area contributed by atoms with Crippen molar-refractivity contribution in [1.29, 1.82) is 0 Å². The van der Waals surface area contributed by atoms with E-state index < -0.39 is 5.97 Å². The van der Waals surface area contributed by atoms with Crippen LogP contribution in [0.2, 0.25) is 0 Å². The van der Waals surface area contributed by atoms with Crippen molar-refractivity contribution < 1.29 is 14.3 Å². The van der Waals surface area contributed by atoms with Crippen LogP contribution in [0.1, 0.15) is 15.4 Å². The molecule has 0 bridgehead atoms. The number of aromatic nitrogens is 1. The summed E-state index contributed by atoms with van der Waals surface area (Å²) in [4.78, 5) is 16.5. The topological polar surface area (TPSA) is 48.4 Å². The second-order valence-corrected chi connectivity index (χ2v) is 5.47. The van der Waals surface area contributed by atoms with Crippen molar-refractivity contribution in [2.24, 2.45) is 0 Å². The van der Waals surface area contributed by atoms with Crippen molar-refractivity contribution in [3.63, 3.8) is 0 Å². The third-order valence-corrected chi connectivity index (χ3v) is 4.00. The minimum atomic E-state index is -0.410. The zero-order valence-electron chi connectivity index (χ0n) is 11.4. The number of ether oxygens (including phenoxy) is 2. The van der Waals surface area contributed by atoms with Crippen LogP contribution in [0.5, 0.6) is 5.75 Å². The highest BCUT2D eigenvalue weighted by Gasteiger charge is 2.14. The van der Waals surface area contributed by atoms with Gasteiger partial charge in [-0.05, 0) is 24.3 Å². The first kappa shape index (κ1) is 13.6. The predicted octanol–water partition coefficient (Wildman–Crippen LogP) is 3.66. The molecular formula is C16H13NO3S. The third kappa shape index (κ3) is 2.87. The van der Waals surface area contributed by atoms with E-state index in [0.717, 1.165) is 15.2 Å². The zero-order valence-corrected chi connectivity index (χ0v) is 12.2. The maximum atomic E-state index is 12.1. The summed E-state index contributed by atoms with van der Waals surface area (Å²) in [6.07, 6.45) is 0. The lowest BCUT2D eigenvalue weighted by molar-refractivity contribution is 0.0469. The predicted molar refractivity (Wildman–Crippen MR) is 81.7 cm³/mol. The summed E-state index contributed by atoms with van der Waals surface area (Å²) in [6, 6.07) is 14.8. The van der Waals surface area contributed by atoms with E-state index >= 15 is 0 Å². The quantitative estimate of drug-likeness (QED) is 0.690. The van der Waals surface area contributed by atoms with E-state index in [0.29, 0.717) is 11.3 Å². The summed E-state index contributed by atoms with van der Waals surface area (Å²) < 4.78 is 11.6. The lowest BCUT2D eigenvalue weighted by Crippen LogP contribution is -2.06. The summed E-state index contributed by atoms with van der Waals surface area (Å²) in [5, 5.41) is 0.777. The van der Waals surface area contributed by atoms with Gasteiger partial charge in [-0.2, -0.15) is 0 Å². The van der Waals surface area contributed by atoms with E-state index in [1.54, 1.807) is 18.2 Å². The Morgan fingerprint density at radius 2 is 1.90 bits per heavy atom. The number of hydrogen-bond donors (Lipinski definition) is 0. The van der Waals surface area contributed by atoms with Crippen LogP contribution in [0.25, 0.3) is 10.2 Å². The van der Waals surface area contributed by atoms with E-state index in [2.05, 4.69) is 4.98 Å². The number of hydrogen-bond acceptors (Lipinski definition) is 5. The molecule has 1 heterocycles. The molecule has 3 rings (SSSR count). The lowest BCUT2D eigenvalue weighted by atomic mass is 10.2. The fraction of sp³-hybridized carbons (Fsp3) is 0.125. The molecular weight excluding hydrogens is 286 g/mol. The lowest BCUT2D eigenvalue weighted by Gasteiger charge is -2.07. The van der Waals surface area contributed by atoms with E-state index in [4.69, 9.17) is 9.47 Å². The third-order valence-electron chi connectivity index (χ3n) is 2.99. The van der Waals surface area contributed by atoms with Crippen molar-refractivity contribution in [2.75, 3.05) is 7.11 Å². The molecule has 0 aliphatic carbocycles. The van der Waals surface area contributed by atoms with Gasteiger partial charge in [0.25, 0.3) is 0 Å². The molecule has 0 saturated heterocycles. The number of carbonyl (C=O) groups excluding carboxylic acids is 1. The Balaban J connectivity index is 1.73. The van der Waals surface area contributed by atoms with Gasteiger partial charge in [0.1, 0.15) is 22.9 Å². The molecule has 2 aromatic carbocycles. The molecule has 0 unspecified atom stereocenters. The first-order valence-electron chi connectivity index (χ1n) is 6.42. The van der Waals surface area contributed by atoms with Crippen LogP contribution in [0.4, 0.5) is 0 Å². The van der Waals surface area contributed by atoms with E-state index in [1.165, 1.54) is 18.4 Å². The van der Waals surface area contributed by atoms with E-state index in [1.807, 2.05) is 30.3 Å². The Morgan fingerprint density at radius 3 is 2.71 bits per heavy atom. The monoisotopic (exact) mass is 299 g/mol. The van der Waals surface area contributed by atoms with Crippen molar-refractivity contribution in [1.82, 2.24) is 4.98 Å². The van der Waals surface area contributed by atoms with Crippen molar-refractivity contribution >= 4 is 27.5 Å². The normalized spacial score (nSPS) is 10.5. The Bertz CT molecular complexity index is 749. The number of fused-ring (bicyclic) bond motifs is 1. The van der Waals surface area contributed by atoms with Crippen LogP contribution in [0, 0.1) is 0 Å². The average molecular weight is 299 g/mol. The van der Waals surface area contributed by atoms with Gasteiger partial charge in [0.05, 0.1) is 17.3 Å². The maximum Gasteiger partial charge on any atom is 0.342 e. The SMILES string of the molecule is COc1ccccc1C(=O)OCc1nc2ccccc2s1. The summed E-state index contributed by atoms with van der Waals surface area (Å²) >= 11 is 1.52. The fourth-order valence-corrected chi connectivity index (χ4v) is 2.88. The Morgan fingerprint density at radius 1 is 1.14 bits per heavy atom. The zero-order chi connectivity index (χ0) is 14.7. The highest BCUT2D eigenvalue weighted by Crippen LogP contribution is 2.23. The largest absolute Gasteiger partial charge is 0.496 e. The maximum absolute atomic E-state index is 12.1. The van der Waals surface area contributed by atoms with Crippen LogP contribution in [-0.4, -0.2) is 18.1 Å². The summed E-state index contributed by atoms with van der Waals surface area (Å²) in [6.45, 7) is 0.163. The number of benzene rings is 2. The fourth-order valence-electron chi connectivity index (χ4n) is 2.00. The van der Waals surface area contributed by atoms with Gasteiger partial charge >= 0.3 is 5.97 Å². The number of esters is 1. The molecule has 0 spiro atoms. The molecule has 0 fully saturated rings. The van der Waals surface area contributed by atoms with Crippen molar-refractivity contribution in [3.8, 4) is 5.75 Å². The number of methoxy groups -OCH3 is 1. The molecule has 21 heavy (non-hydrogen) atoms. The number of rotatable bonds is 4. The molecule has 0 aliphatic heterocycles. The molecule has 0 aliphatic rings. The van der Waals surface area contributed by atoms with Gasteiger partial charge < -0.3 is 9.47 Å². The average Bonchev–Trinajstić information content (AvgIpc) is 2.95. The minimum Gasteiger partial charge on any atom is -0.496 e. The summed E-state index contributed by atoms with van der Waals surface area (Å²) in [5.41, 5.74) is 1.34. The first-order chi connectivity index (χ1) is 10.3. The Labute approximate surface area is 126 Å². The minimum absolute atomic E-state index is 0.163. The van der Waals surface area contributed by atoms with Crippen LogP contribution in [-0.2, 0) is 11.3 Å². The standard InChI is InChI=1S/C16H13NO3S/c1-19-13-8-4-2-6-11(13)16(18)20-10-15-17-12-7-3-5-9-14(12)21-15/h2-9H,10H2,1H3. The van der Waals surface area contributed by atoms with Crippen LogP contribution >= 0.6 is 11.3 Å². The Kier molecular flexibility index (Phi) is 3.83. The van der Waals surface area contributed by atoms with Gasteiger partial charge in [-0.3, -0.25) is 0 Å². The van der Waals surface area contributed by atoms with Gasteiger partial charge in [-0.1, -0.05) is 24.3 Å². The van der Waals surface area contributed by atoms with Gasteiger partial charge in [-0.15, -0.1) is 11.3 Å². The summed E-state index contributed by atoms with van der Waals surface area (Å²) in [5.74, 6) is 0.0958. The highest BCUT2D eigenvalue weighted by atomic mass is 32.1. The highest BCUT2D eigenvalue weighted by molar-refractivity contribution is 7.18. The van der Waals surface area contributed by atoms with Crippen molar-refractivity contribution in [2.45, 2.75) is 6.61 Å². The Hall–Kier alpha value is -2.40. The number of nitrogens with zero attached hydrogens (tertiary/aromatic N) is 1. The molecule has 106 valence electrons. The molecule has 0 atom stereocenters. The van der Waals surface area contributed by atoms with E-state index in [-0.39, 0.29) is 6.61 Å². The van der Waals surface area contributed by atoms with Crippen LogP contribution in [0.3, 0.4) is 0 Å². The second kappa shape index (κ2) is 5.93. The molecule has 4 nitrogen and oxygen atoms in total. The van der Waals surface area contributed by atoms with Gasteiger partial charge in [0, 0.05) is 0 Å². The van der Waals surface area contributed by atoms with E-state index in [9.17, 15) is 4.79 Å². The van der Waals surface area contributed by atoms with Gasteiger partial charge in [0.2, 0.25) is 0 Å². The molecule has 0 radical (unpaired) electrons. The van der Waals surface area contributed by atoms with Gasteiger partial charge in [0.15, 0.2) is 0 Å². The van der Waals surface area contributed by atoms with Crippen LogP contribution in [0.15, 0.2) is 48.5 Å².